The highest BCUT2D eigenvalue weighted by molar-refractivity contribution is 9.08. The molecule has 2 aromatic carbocycles. The van der Waals surface area contributed by atoms with E-state index in [9.17, 15) is 8.42 Å². The average Bonchev–Trinajstić information content (AvgIpc) is 2.40. The fraction of sp³-hybridized carbons (Fsp3) is 0.200. The maximum atomic E-state index is 11.4. The zero-order chi connectivity index (χ0) is 14.8. The lowest BCUT2D eigenvalue weighted by atomic mass is 10.1. The Bertz CT molecular complexity index is 706. The monoisotopic (exact) mass is 354 g/mol. The van der Waals surface area contributed by atoms with Crippen molar-refractivity contribution >= 4 is 25.8 Å². The molecule has 106 valence electrons. The van der Waals surface area contributed by atoms with E-state index in [1.165, 1.54) is 11.8 Å². The lowest BCUT2D eigenvalue weighted by molar-refractivity contribution is 0.478. The fourth-order valence-corrected chi connectivity index (χ4v) is 2.77. The highest BCUT2D eigenvalue weighted by atomic mass is 79.9. The van der Waals surface area contributed by atoms with Crippen LogP contribution in [-0.2, 0) is 15.2 Å². The minimum absolute atomic E-state index is 0.288. The van der Waals surface area contributed by atoms with Gasteiger partial charge in [0.15, 0.2) is 9.84 Å². The molecule has 2 aromatic rings. The number of hydrogen-bond acceptors (Lipinski definition) is 3. The summed E-state index contributed by atoms with van der Waals surface area (Å²) in [6, 6.07) is 12.4. The summed E-state index contributed by atoms with van der Waals surface area (Å²) in [6.07, 6.45) is 1.19. The molecule has 5 heteroatoms. The van der Waals surface area contributed by atoms with Gasteiger partial charge in [-0.1, -0.05) is 28.1 Å². The van der Waals surface area contributed by atoms with Crippen molar-refractivity contribution in [2.24, 2.45) is 0 Å². The summed E-state index contributed by atoms with van der Waals surface area (Å²) in [5.74, 6) is 1.38. The Morgan fingerprint density at radius 3 is 2.25 bits per heavy atom. The van der Waals surface area contributed by atoms with Crippen molar-refractivity contribution in [2.45, 2.75) is 17.1 Å². The Morgan fingerprint density at radius 2 is 1.75 bits per heavy atom. The van der Waals surface area contributed by atoms with Gasteiger partial charge in [0, 0.05) is 11.6 Å². The molecule has 0 heterocycles. The number of rotatable bonds is 4. The van der Waals surface area contributed by atoms with Crippen LogP contribution in [0.5, 0.6) is 11.5 Å². The summed E-state index contributed by atoms with van der Waals surface area (Å²) in [5.41, 5.74) is 2.22. The van der Waals surface area contributed by atoms with Gasteiger partial charge in [-0.2, -0.15) is 0 Å². The minimum Gasteiger partial charge on any atom is -0.457 e. The molecular formula is C15H15BrO3S. The number of ether oxygens (including phenoxy) is 1. The molecule has 0 saturated carbocycles. The van der Waals surface area contributed by atoms with Gasteiger partial charge in [-0.05, 0) is 48.4 Å². The Balaban J connectivity index is 2.22. The van der Waals surface area contributed by atoms with E-state index < -0.39 is 9.84 Å². The van der Waals surface area contributed by atoms with Gasteiger partial charge in [-0.3, -0.25) is 0 Å². The highest BCUT2D eigenvalue weighted by Gasteiger charge is 2.07. The first-order valence-electron chi connectivity index (χ1n) is 6.03. The number of halogens is 1. The second-order valence-corrected chi connectivity index (χ2v) is 7.16. The first kappa shape index (κ1) is 15.1. The normalized spacial score (nSPS) is 11.3. The van der Waals surface area contributed by atoms with Gasteiger partial charge in [0.05, 0.1) is 4.90 Å². The van der Waals surface area contributed by atoms with Gasteiger partial charge >= 0.3 is 0 Å². The van der Waals surface area contributed by atoms with E-state index in [0.717, 1.165) is 16.6 Å². The van der Waals surface area contributed by atoms with Crippen LogP contribution in [0.25, 0.3) is 0 Å². The molecule has 0 aliphatic heterocycles. The summed E-state index contributed by atoms with van der Waals surface area (Å²) >= 11 is 3.41. The number of benzene rings is 2. The first-order chi connectivity index (χ1) is 9.40. The molecule has 0 aliphatic carbocycles. The maximum Gasteiger partial charge on any atom is 0.175 e. The van der Waals surface area contributed by atoms with Crippen LogP contribution >= 0.6 is 15.9 Å². The first-order valence-corrected chi connectivity index (χ1v) is 9.05. The van der Waals surface area contributed by atoms with Crippen LogP contribution in [-0.4, -0.2) is 14.7 Å². The number of hydrogen-bond donors (Lipinski definition) is 0. The summed E-state index contributed by atoms with van der Waals surface area (Å²) in [6.45, 7) is 1.98. The third-order valence-electron chi connectivity index (χ3n) is 2.87. The van der Waals surface area contributed by atoms with Crippen molar-refractivity contribution in [1.82, 2.24) is 0 Å². The summed E-state index contributed by atoms with van der Waals surface area (Å²) < 4.78 is 28.5. The number of alkyl halides is 1. The minimum atomic E-state index is -3.17. The van der Waals surface area contributed by atoms with Crippen LogP contribution in [0.4, 0.5) is 0 Å². The standard InChI is InChI=1S/C15H15BrO3S/c1-11-9-12(10-16)3-8-15(11)19-13-4-6-14(7-5-13)20(2,17)18/h3-9H,10H2,1-2H3. The van der Waals surface area contributed by atoms with E-state index in [1.807, 2.05) is 19.1 Å². The zero-order valence-electron chi connectivity index (χ0n) is 11.3. The van der Waals surface area contributed by atoms with Gasteiger partial charge in [-0.25, -0.2) is 8.42 Å². The molecule has 0 saturated heterocycles. The van der Waals surface area contributed by atoms with Crippen molar-refractivity contribution in [1.29, 1.82) is 0 Å². The largest absolute Gasteiger partial charge is 0.457 e. The third kappa shape index (κ3) is 3.61. The van der Waals surface area contributed by atoms with Gasteiger partial charge in [0.25, 0.3) is 0 Å². The summed E-state index contributed by atoms with van der Waals surface area (Å²) in [7, 11) is -3.17. The molecule has 0 amide bonds. The average molecular weight is 355 g/mol. The van der Waals surface area contributed by atoms with Crippen LogP contribution in [0.2, 0.25) is 0 Å². The summed E-state index contributed by atoms with van der Waals surface area (Å²) in [4.78, 5) is 0.288. The Kier molecular flexibility index (Phi) is 4.50. The van der Waals surface area contributed by atoms with Gasteiger partial charge < -0.3 is 4.74 Å². The molecule has 0 unspecified atom stereocenters. The predicted molar refractivity (Wildman–Crippen MR) is 83.4 cm³/mol. The van der Waals surface area contributed by atoms with Crippen molar-refractivity contribution in [2.75, 3.05) is 6.26 Å². The molecule has 0 bridgehead atoms. The van der Waals surface area contributed by atoms with Crippen molar-refractivity contribution < 1.29 is 13.2 Å². The molecule has 3 nitrogen and oxygen atoms in total. The maximum absolute atomic E-state index is 11.4. The van der Waals surface area contributed by atoms with Crippen LogP contribution in [0, 0.1) is 6.92 Å². The second-order valence-electron chi connectivity index (χ2n) is 4.58. The van der Waals surface area contributed by atoms with E-state index in [1.54, 1.807) is 24.3 Å². The molecule has 0 atom stereocenters. The molecule has 0 fully saturated rings. The van der Waals surface area contributed by atoms with Crippen LogP contribution in [0.15, 0.2) is 47.4 Å². The number of aryl methyl sites for hydroxylation is 1. The third-order valence-corrected chi connectivity index (χ3v) is 4.65. The second kappa shape index (κ2) is 5.97. The zero-order valence-corrected chi connectivity index (χ0v) is 13.7. The van der Waals surface area contributed by atoms with Gasteiger partial charge in [0.1, 0.15) is 11.5 Å². The quantitative estimate of drug-likeness (QED) is 0.776. The Labute approximate surface area is 127 Å². The van der Waals surface area contributed by atoms with Gasteiger partial charge in [0.2, 0.25) is 0 Å². The van der Waals surface area contributed by atoms with E-state index >= 15 is 0 Å². The van der Waals surface area contributed by atoms with E-state index in [4.69, 9.17) is 4.74 Å². The predicted octanol–water partition coefficient (Wildman–Crippen LogP) is 4.09. The van der Waals surface area contributed by atoms with E-state index in [-0.39, 0.29) is 4.90 Å². The molecular weight excluding hydrogens is 340 g/mol. The van der Waals surface area contributed by atoms with Crippen molar-refractivity contribution in [3.05, 3.63) is 53.6 Å². The number of sulfone groups is 1. The lowest BCUT2D eigenvalue weighted by Gasteiger charge is -2.10. The summed E-state index contributed by atoms with van der Waals surface area (Å²) in [5, 5.41) is 0.803. The Morgan fingerprint density at radius 1 is 1.10 bits per heavy atom. The fourth-order valence-electron chi connectivity index (χ4n) is 1.79. The molecule has 0 N–H and O–H groups in total. The van der Waals surface area contributed by atoms with E-state index in [2.05, 4.69) is 22.0 Å². The molecule has 20 heavy (non-hydrogen) atoms. The van der Waals surface area contributed by atoms with E-state index in [0.29, 0.717) is 5.75 Å². The smallest absolute Gasteiger partial charge is 0.175 e. The van der Waals surface area contributed by atoms with Crippen molar-refractivity contribution in [3.8, 4) is 11.5 Å². The van der Waals surface area contributed by atoms with Gasteiger partial charge in [-0.15, -0.1) is 0 Å². The van der Waals surface area contributed by atoms with Crippen molar-refractivity contribution in [3.63, 3.8) is 0 Å². The van der Waals surface area contributed by atoms with Crippen LogP contribution in [0.1, 0.15) is 11.1 Å². The van der Waals surface area contributed by atoms with Crippen LogP contribution in [0.3, 0.4) is 0 Å². The molecule has 0 aliphatic rings. The highest BCUT2D eigenvalue weighted by Crippen LogP contribution is 2.27. The lowest BCUT2D eigenvalue weighted by Crippen LogP contribution is -1.96. The Hall–Kier alpha value is -1.33. The van der Waals surface area contributed by atoms with Crippen LogP contribution < -0.4 is 4.74 Å². The topological polar surface area (TPSA) is 43.4 Å². The molecule has 0 radical (unpaired) electrons. The SMILES string of the molecule is Cc1cc(CBr)ccc1Oc1ccc(S(C)(=O)=O)cc1. The molecule has 0 aromatic heterocycles. The molecule has 2 rings (SSSR count). The molecule has 0 spiro atoms.